The molecular formula is C13H13BrN4O2. The van der Waals surface area contributed by atoms with Crippen LogP contribution in [-0.2, 0) is 4.79 Å². The van der Waals surface area contributed by atoms with Crippen LogP contribution in [0.1, 0.15) is 10.5 Å². The Morgan fingerprint density at radius 2 is 2.15 bits per heavy atom. The molecule has 20 heavy (non-hydrogen) atoms. The maximum atomic E-state index is 12.0. The van der Waals surface area contributed by atoms with Crippen LogP contribution in [-0.4, -0.2) is 40.1 Å². The fourth-order valence-corrected chi connectivity index (χ4v) is 2.09. The van der Waals surface area contributed by atoms with Gasteiger partial charge in [0.15, 0.2) is 5.69 Å². The van der Waals surface area contributed by atoms with Crippen LogP contribution in [0, 0.1) is 0 Å². The molecule has 2 amide bonds. The quantitative estimate of drug-likeness (QED) is 0.910. The third-order valence-corrected chi connectivity index (χ3v) is 3.11. The van der Waals surface area contributed by atoms with E-state index in [0.29, 0.717) is 0 Å². The SMILES string of the molecule is CN(CC(N)=O)C(=O)c1ccn(-c2cccc(Br)c2)n1. The Balaban J connectivity index is 2.21. The van der Waals surface area contributed by atoms with Crippen LogP contribution in [0.3, 0.4) is 0 Å². The molecule has 0 fully saturated rings. The van der Waals surface area contributed by atoms with Crippen LogP contribution in [0.5, 0.6) is 0 Å². The predicted molar refractivity (Wildman–Crippen MR) is 77.4 cm³/mol. The van der Waals surface area contributed by atoms with Crippen molar-refractivity contribution in [2.45, 2.75) is 0 Å². The highest BCUT2D eigenvalue weighted by molar-refractivity contribution is 9.10. The number of rotatable bonds is 4. The number of nitrogens with zero attached hydrogens (tertiary/aromatic N) is 3. The molecule has 0 aliphatic rings. The van der Waals surface area contributed by atoms with E-state index in [0.717, 1.165) is 10.2 Å². The molecule has 104 valence electrons. The maximum Gasteiger partial charge on any atom is 0.274 e. The monoisotopic (exact) mass is 336 g/mol. The Labute approximate surface area is 124 Å². The van der Waals surface area contributed by atoms with Gasteiger partial charge in [-0.3, -0.25) is 9.59 Å². The number of hydrogen-bond donors (Lipinski definition) is 1. The van der Waals surface area contributed by atoms with Crippen LogP contribution in [0.4, 0.5) is 0 Å². The summed E-state index contributed by atoms with van der Waals surface area (Å²) < 4.78 is 2.51. The number of nitrogens with two attached hydrogens (primary N) is 1. The average Bonchev–Trinajstić information content (AvgIpc) is 2.86. The van der Waals surface area contributed by atoms with Crippen molar-refractivity contribution < 1.29 is 9.59 Å². The van der Waals surface area contributed by atoms with Gasteiger partial charge in [-0.25, -0.2) is 4.68 Å². The van der Waals surface area contributed by atoms with Gasteiger partial charge in [0.25, 0.3) is 5.91 Å². The van der Waals surface area contributed by atoms with Gasteiger partial charge in [-0.05, 0) is 24.3 Å². The first kappa shape index (κ1) is 14.3. The predicted octanol–water partition coefficient (Wildman–Crippen LogP) is 1.19. The Bertz CT molecular complexity index is 653. The molecule has 6 nitrogen and oxygen atoms in total. The van der Waals surface area contributed by atoms with Crippen LogP contribution in [0.2, 0.25) is 0 Å². The molecule has 2 N–H and O–H groups in total. The van der Waals surface area contributed by atoms with Crippen LogP contribution in [0.15, 0.2) is 41.0 Å². The van der Waals surface area contributed by atoms with Gasteiger partial charge in [-0.15, -0.1) is 0 Å². The van der Waals surface area contributed by atoms with Crippen LogP contribution in [0.25, 0.3) is 5.69 Å². The van der Waals surface area contributed by atoms with Gasteiger partial charge in [0, 0.05) is 17.7 Å². The molecule has 0 bridgehead atoms. The summed E-state index contributed by atoms with van der Waals surface area (Å²) in [6, 6.07) is 9.13. The first-order valence-corrected chi connectivity index (χ1v) is 6.62. The minimum atomic E-state index is -0.563. The number of aromatic nitrogens is 2. The topological polar surface area (TPSA) is 81.2 Å². The third-order valence-electron chi connectivity index (χ3n) is 2.62. The number of primary amides is 1. The van der Waals surface area contributed by atoms with E-state index in [-0.39, 0.29) is 18.1 Å². The highest BCUT2D eigenvalue weighted by Crippen LogP contribution is 2.15. The summed E-state index contributed by atoms with van der Waals surface area (Å²) >= 11 is 3.38. The Hall–Kier alpha value is -2.15. The van der Waals surface area contributed by atoms with E-state index in [1.807, 2.05) is 24.3 Å². The highest BCUT2D eigenvalue weighted by atomic mass is 79.9. The second-order valence-electron chi connectivity index (χ2n) is 4.25. The molecule has 0 aliphatic heterocycles. The molecule has 0 saturated carbocycles. The van der Waals surface area contributed by atoms with Gasteiger partial charge >= 0.3 is 0 Å². The van der Waals surface area contributed by atoms with Crippen molar-refractivity contribution in [3.63, 3.8) is 0 Å². The number of benzene rings is 1. The summed E-state index contributed by atoms with van der Waals surface area (Å²) in [6.07, 6.45) is 1.69. The first-order chi connectivity index (χ1) is 9.47. The lowest BCUT2D eigenvalue weighted by atomic mass is 10.3. The van der Waals surface area contributed by atoms with Crippen molar-refractivity contribution in [2.75, 3.05) is 13.6 Å². The lowest BCUT2D eigenvalue weighted by molar-refractivity contribution is -0.118. The van der Waals surface area contributed by atoms with Gasteiger partial charge in [0.2, 0.25) is 5.91 Å². The molecule has 0 radical (unpaired) electrons. The molecule has 7 heteroatoms. The molecule has 0 unspecified atom stereocenters. The summed E-state index contributed by atoms with van der Waals surface area (Å²) in [4.78, 5) is 24.1. The third kappa shape index (κ3) is 3.24. The Morgan fingerprint density at radius 3 is 2.80 bits per heavy atom. The van der Waals surface area contributed by atoms with E-state index >= 15 is 0 Å². The summed E-state index contributed by atoms with van der Waals surface area (Å²) in [5.74, 6) is -0.912. The molecule has 0 atom stereocenters. The number of likely N-dealkylation sites (N-methyl/N-ethyl adjacent to an activating group) is 1. The number of amides is 2. The van der Waals surface area contributed by atoms with Crippen molar-refractivity contribution >= 4 is 27.7 Å². The highest BCUT2D eigenvalue weighted by Gasteiger charge is 2.16. The van der Waals surface area contributed by atoms with Gasteiger partial charge in [0.05, 0.1) is 12.2 Å². The maximum absolute atomic E-state index is 12.0. The van der Waals surface area contributed by atoms with Gasteiger partial charge in [-0.2, -0.15) is 5.10 Å². The standard InChI is InChI=1S/C13H13BrN4O2/c1-17(8-12(15)19)13(20)11-5-6-18(16-11)10-4-2-3-9(14)7-10/h2-7H,8H2,1H3,(H2,15,19). The summed E-state index contributed by atoms with van der Waals surface area (Å²) in [5.41, 5.74) is 6.15. The molecule has 1 aromatic heterocycles. The molecule has 1 heterocycles. The minimum absolute atomic E-state index is 0.136. The molecule has 0 aliphatic carbocycles. The smallest absolute Gasteiger partial charge is 0.274 e. The normalized spacial score (nSPS) is 10.3. The zero-order valence-corrected chi connectivity index (χ0v) is 12.4. The van der Waals surface area contributed by atoms with E-state index in [2.05, 4.69) is 21.0 Å². The van der Waals surface area contributed by atoms with E-state index in [9.17, 15) is 9.59 Å². The minimum Gasteiger partial charge on any atom is -0.368 e. The van der Waals surface area contributed by atoms with Gasteiger partial charge in [-0.1, -0.05) is 22.0 Å². The van der Waals surface area contributed by atoms with Crippen molar-refractivity contribution in [1.82, 2.24) is 14.7 Å². The lowest BCUT2D eigenvalue weighted by Gasteiger charge is -2.12. The Morgan fingerprint density at radius 1 is 1.40 bits per heavy atom. The molecule has 2 rings (SSSR count). The van der Waals surface area contributed by atoms with E-state index in [4.69, 9.17) is 5.73 Å². The largest absolute Gasteiger partial charge is 0.368 e. The number of halogens is 1. The van der Waals surface area contributed by atoms with E-state index < -0.39 is 5.91 Å². The second-order valence-corrected chi connectivity index (χ2v) is 5.17. The van der Waals surface area contributed by atoms with Crippen LogP contribution < -0.4 is 5.73 Å². The van der Waals surface area contributed by atoms with E-state index in [1.54, 1.807) is 16.9 Å². The lowest BCUT2D eigenvalue weighted by Crippen LogP contribution is -2.35. The van der Waals surface area contributed by atoms with Gasteiger partial charge < -0.3 is 10.6 Å². The zero-order chi connectivity index (χ0) is 14.7. The molecule has 1 aromatic carbocycles. The number of hydrogen-bond acceptors (Lipinski definition) is 3. The average molecular weight is 337 g/mol. The summed E-state index contributed by atoms with van der Waals surface area (Å²) in [7, 11) is 1.51. The van der Waals surface area contributed by atoms with Crippen molar-refractivity contribution in [3.8, 4) is 5.69 Å². The van der Waals surface area contributed by atoms with Crippen molar-refractivity contribution in [1.29, 1.82) is 0 Å². The van der Waals surface area contributed by atoms with Crippen molar-refractivity contribution in [3.05, 3.63) is 46.7 Å². The molecule has 0 spiro atoms. The molecule has 0 saturated heterocycles. The molecule has 2 aromatic rings. The fraction of sp³-hybridized carbons (Fsp3) is 0.154. The summed E-state index contributed by atoms with van der Waals surface area (Å²) in [5, 5.41) is 4.20. The summed E-state index contributed by atoms with van der Waals surface area (Å²) in [6.45, 7) is -0.136. The van der Waals surface area contributed by atoms with Crippen molar-refractivity contribution in [2.24, 2.45) is 5.73 Å². The zero-order valence-electron chi connectivity index (χ0n) is 10.8. The number of carbonyl (C=O) groups is 2. The Kier molecular flexibility index (Phi) is 4.19. The first-order valence-electron chi connectivity index (χ1n) is 5.83. The van der Waals surface area contributed by atoms with Gasteiger partial charge in [0.1, 0.15) is 0 Å². The van der Waals surface area contributed by atoms with Crippen LogP contribution >= 0.6 is 15.9 Å². The second kappa shape index (κ2) is 5.87. The number of carbonyl (C=O) groups excluding carboxylic acids is 2. The van der Waals surface area contributed by atoms with E-state index in [1.165, 1.54) is 11.9 Å². The fourth-order valence-electron chi connectivity index (χ4n) is 1.70. The molecular weight excluding hydrogens is 324 g/mol.